The third-order valence-electron chi connectivity index (χ3n) is 6.23. The Morgan fingerprint density at radius 2 is 2.04 bits per heavy atom. The van der Waals surface area contributed by atoms with Crippen LogP contribution in [0.2, 0.25) is 0 Å². The highest BCUT2D eigenvalue weighted by molar-refractivity contribution is 5.37. The van der Waals surface area contributed by atoms with E-state index >= 15 is 0 Å². The van der Waals surface area contributed by atoms with E-state index in [0.717, 1.165) is 30.8 Å². The first-order valence-electron chi connectivity index (χ1n) is 9.38. The van der Waals surface area contributed by atoms with Crippen molar-refractivity contribution in [1.82, 2.24) is 15.2 Å². The second-order valence-electron chi connectivity index (χ2n) is 7.34. The summed E-state index contributed by atoms with van der Waals surface area (Å²) in [5.41, 5.74) is 1.79. The van der Waals surface area contributed by atoms with E-state index < -0.39 is 5.54 Å². The molecule has 5 nitrogen and oxygen atoms in total. The van der Waals surface area contributed by atoms with Gasteiger partial charge in [0.05, 0.1) is 19.3 Å². The van der Waals surface area contributed by atoms with E-state index in [1.807, 2.05) is 24.3 Å². The molecule has 2 aliphatic rings. The van der Waals surface area contributed by atoms with Gasteiger partial charge >= 0.3 is 0 Å². The summed E-state index contributed by atoms with van der Waals surface area (Å²) in [7, 11) is 1.67. The number of benzene rings is 1. The Kier molecular flexibility index (Phi) is 4.69. The summed E-state index contributed by atoms with van der Waals surface area (Å²) in [6.07, 6.45) is 1.76. The Balaban J connectivity index is 1.80. The summed E-state index contributed by atoms with van der Waals surface area (Å²) in [6, 6.07) is 14.5. The maximum absolute atomic E-state index is 10.5. The standard InChI is InChI=1S/C21H27N3O2/c1-3-24-12-17-18(13-24)21(14-25,15-8-5-4-6-9-15)23-19(17)16-10-7-11-22-20(16)26-2/h4-11,17-19,23,25H,3,12-14H2,1-2H3/t17-,18+,19-,21-/m1/s1. The third kappa shape index (κ3) is 2.62. The van der Waals surface area contributed by atoms with Gasteiger partial charge in [-0.05, 0) is 24.1 Å². The number of likely N-dealkylation sites (tertiary alicyclic amines) is 1. The fourth-order valence-corrected chi connectivity index (χ4v) is 4.93. The van der Waals surface area contributed by atoms with Gasteiger partial charge in [-0.15, -0.1) is 0 Å². The van der Waals surface area contributed by atoms with Crippen LogP contribution < -0.4 is 10.1 Å². The van der Waals surface area contributed by atoms with Crippen LogP contribution in [0.3, 0.4) is 0 Å². The lowest BCUT2D eigenvalue weighted by molar-refractivity contribution is 0.127. The number of rotatable bonds is 5. The van der Waals surface area contributed by atoms with Gasteiger partial charge < -0.3 is 14.7 Å². The Hall–Kier alpha value is -1.95. The molecular formula is C21H27N3O2. The van der Waals surface area contributed by atoms with Crippen molar-refractivity contribution in [3.63, 3.8) is 0 Å². The second-order valence-corrected chi connectivity index (χ2v) is 7.34. The molecule has 4 rings (SSSR count). The maximum Gasteiger partial charge on any atom is 0.217 e. The van der Waals surface area contributed by atoms with E-state index in [-0.39, 0.29) is 12.6 Å². The molecule has 0 aliphatic carbocycles. The quantitative estimate of drug-likeness (QED) is 0.863. The van der Waals surface area contributed by atoms with Crippen LogP contribution in [0, 0.1) is 11.8 Å². The van der Waals surface area contributed by atoms with Crippen LogP contribution in [0.4, 0.5) is 0 Å². The number of aliphatic hydroxyl groups excluding tert-OH is 1. The largest absolute Gasteiger partial charge is 0.481 e. The number of ether oxygens (including phenoxy) is 1. The highest BCUT2D eigenvalue weighted by Gasteiger charge is 2.57. The molecule has 2 saturated heterocycles. The number of nitrogens with zero attached hydrogens (tertiary/aromatic N) is 2. The molecule has 26 heavy (non-hydrogen) atoms. The highest BCUT2D eigenvalue weighted by atomic mass is 16.5. The minimum Gasteiger partial charge on any atom is -0.481 e. The van der Waals surface area contributed by atoms with Crippen molar-refractivity contribution >= 4 is 0 Å². The van der Waals surface area contributed by atoms with Gasteiger partial charge in [0.1, 0.15) is 0 Å². The Morgan fingerprint density at radius 3 is 2.73 bits per heavy atom. The van der Waals surface area contributed by atoms with Crippen LogP contribution in [0.25, 0.3) is 0 Å². The summed E-state index contributed by atoms with van der Waals surface area (Å²) < 4.78 is 5.54. The summed E-state index contributed by atoms with van der Waals surface area (Å²) in [5.74, 6) is 1.41. The Morgan fingerprint density at radius 1 is 1.23 bits per heavy atom. The van der Waals surface area contributed by atoms with Crippen molar-refractivity contribution < 1.29 is 9.84 Å². The molecule has 1 aromatic carbocycles. The van der Waals surface area contributed by atoms with E-state index in [1.165, 1.54) is 0 Å². The Bertz CT molecular complexity index is 754. The first-order chi connectivity index (χ1) is 12.7. The normalized spacial score (nSPS) is 31.1. The van der Waals surface area contributed by atoms with E-state index in [2.05, 4.69) is 40.3 Å². The van der Waals surface area contributed by atoms with Gasteiger partial charge in [-0.2, -0.15) is 0 Å². The smallest absolute Gasteiger partial charge is 0.217 e. The van der Waals surface area contributed by atoms with Gasteiger partial charge in [-0.3, -0.25) is 5.32 Å². The van der Waals surface area contributed by atoms with E-state index in [1.54, 1.807) is 13.3 Å². The van der Waals surface area contributed by atoms with Gasteiger partial charge in [0.2, 0.25) is 5.88 Å². The first kappa shape index (κ1) is 17.5. The monoisotopic (exact) mass is 353 g/mol. The molecular weight excluding hydrogens is 326 g/mol. The van der Waals surface area contributed by atoms with Crippen LogP contribution in [-0.2, 0) is 5.54 Å². The molecule has 0 unspecified atom stereocenters. The molecule has 0 spiro atoms. The average molecular weight is 353 g/mol. The number of hydrogen-bond donors (Lipinski definition) is 2. The highest BCUT2D eigenvalue weighted by Crippen LogP contribution is 2.52. The number of hydrogen-bond acceptors (Lipinski definition) is 5. The predicted octanol–water partition coefficient (Wildman–Crippen LogP) is 2.19. The summed E-state index contributed by atoms with van der Waals surface area (Å²) >= 11 is 0. The van der Waals surface area contributed by atoms with Gasteiger partial charge in [0.25, 0.3) is 0 Å². The van der Waals surface area contributed by atoms with Crippen molar-refractivity contribution in [3.8, 4) is 5.88 Å². The van der Waals surface area contributed by atoms with Gasteiger partial charge in [0.15, 0.2) is 0 Å². The lowest BCUT2D eigenvalue weighted by Gasteiger charge is -2.35. The van der Waals surface area contributed by atoms with Crippen LogP contribution in [-0.4, -0.2) is 48.3 Å². The molecule has 2 aromatic rings. The number of nitrogens with one attached hydrogen (secondary N) is 1. The molecule has 2 fully saturated rings. The lowest BCUT2D eigenvalue weighted by atomic mass is 9.76. The molecule has 3 heterocycles. The van der Waals surface area contributed by atoms with Crippen LogP contribution in [0.15, 0.2) is 48.7 Å². The van der Waals surface area contributed by atoms with Crippen molar-refractivity contribution in [2.45, 2.75) is 18.5 Å². The van der Waals surface area contributed by atoms with E-state index in [9.17, 15) is 5.11 Å². The molecule has 0 bridgehead atoms. The van der Waals surface area contributed by atoms with Crippen LogP contribution in [0.1, 0.15) is 24.1 Å². The molecule has 2 N–H and O–H groups in total. The fourth-order valence-electron chi connectivity index (χ4n) is 4.93. The summed E-state index contributed by atoms with van der Waals surface area (Å²) in [4.78, 5) is 6.89. The van der Waals surface area contributed by atoms with Gasteiger partial charge in [-0.1, -0.05) is 43.3 Å². The number of pyridine rings is 1. The van der Waals surface area contributed by atoms with Crippen molar-refractivity contribution in [2.75, 3.05) is 33.4 Å². The molecule has 5 heteroatoms. The zero-order chi connectivity index (χ0) is 18.1. The third-order valence-corrected chi connectivity index (χ3v) is 6.23. The fraction of sp³-hybridized carbons (Fsp3) is 0.476. The minimum absolute atomic E-state index is 0.0782. The zero-order valence-electron chi connectivity index (χ0n) is 15.4. The number of aromatic nitrogens is 1. The first-order valence-corrected chi connectivity index (χ1v) is 9.38. The van der Waals surface area contributed by atoms with Crippen molar-refractivity contribution in [2.24, 2.45) is 11.8 Å². The lowest BCUT2D eigenvalue weighted by Crippen LogP contribution is -2.48. The van der Waals surface area contributed by atoms with E-state index in [4.69, 9.17) is 4.74 Å². The van der Waals surface area contributed by atoms with Gasteiger partial charge in [-0.25, -0.2) is 4.98 Å². The molecule has 0 radical (unpaired) electrons. The number of fused-ring (bicyclic) bond motifs is 1. The van der Waals surface area contributed by atoms with Crippen molar-refractivity contribution in [1.29, 1.82) is 0 Å². The predicted molar refractivity (Wildman–Crippen MR) is 101 cm³/mol. The average Bonchev–Trinajstić information content (AvgIpc) is 3.26. The molecule has 0 amide bonds. The minimum atomic E-state index is -0.443. The van der Waals surface area contributed by atoms with E-state index in [0.29, 0.717) is 17.7 Å². The van der Waals surface area contributed by atoms with Crippen LogP contribution in [0.5, 0.6) is 5.88 Å². The second kappa shape index (κ2) is 6.99. The summed E-state index contributed by atoms with van der Waals surface area (Å²) in [5, 5.41) is 14.4. The van der Waals surface area contributed by atoms with Crippen molar-refractivity contribution in [3.05, 3.63) is 59.8 Å². The maximum atomic E-state index is 10.5. The number of aliphatic hydroxyl groups is 1. The number of methoxy groups -OCH3 is 1. The molecule has 4 atom stereocenters. The molecule has 0 saturated carbocycles. The topological polar surface area (TPSA) is 57.6 Å². The van der Waals surface area contributed by atoms with Crippen LogP contribution >= 0.6 is 0 Å². The Labute approximate surface area is 155 Å². The molecule has 1 aromatic heterocycles. The molecule has 2 aliphatic heterocycles. The summed E-state index contributed by atoms with van der Waals surface area (Å²) in [6.45, 7) is 5.32. The zero-order valence-corrected chi connectivity index (χ0v) is 15.4. The molecule has 138 valence electrons. The van der Waals surface area contributed by atoms with Gasteiger partial charge in [0, 0.05) is 36.8 Å². The SMILES string of the molecule is CCN1C[C@H]2[C@@H](c3cccnc3OC)N[C@](CO)(c3ccccc3)[C@H]2C1.